The molecule has 0 amide bonds. The molecule has 0 saturated carbocycles. The number of hydrogen-bond acceptors (Lipinski definition) is 6. The number of esters is 1. The molecule has 0 spiro atoms. The molecule has 0 unspecified atom stereocenters. The van der Waals surface area contributed by atoms with E-state index < -0.39 is 20.9 Å². The SMILES string of the molecule is COC(=O)/C=C/c1cccc2c1c(CC[N+](=O)[O-])cn2S(=O)(=O)c1ccc(C)cc1. The van der Waals surface area contributed by atoms with Gasteiger partial charge < -0.3 is 4.74 Å². The van der Waals surface area contributed by atoms with E-state index in [0.717, 1.165) is 9.54 Å². The van der Waals surface area contributed by atoms with Gasteiger partial charge in [0.15, 0.2) is 0 Å². The predicted molar refractivity (Wildman–Crippen MR) is 112 cm³/mol. The third-order valence-electron chi connectivity index (χ3n) is 4.65. The first-order chi connectivity index (χ1) is 14.2. The number of carbonyl (C=O) groups is 1. The van der Waals surface area contributed by atoms with Gasteiger partial charge in [-0.05, 0) is 42.3 Å². The van der Waals surface area contributed by atoms with Crippen molar-refractivity contribution in [2.24, 2.45) is 0 Å². The fraction of sp³-hybridized carbons (Fsp3) is 0.190. The molecular weight excluding hydrogens is 408 g/mol. The molecule has 0 saturated heterocycles. The van der Waals surface area contributed by atoms with Gasteiger partial charge in [-0.1, -0.05) is 29.8 Å². The molecule has 2 aromatic carbocycles. The molecule has 3 rings (SSSR count). The van der Waals surface area contributed by atoms with Gasteiger partial charge in [0.05, 0.1) is 17.5 Å². The highest BCUT2D eigenvalue weighted by Gasteiger charge is 2.22. The average molecular weight is 428 g/mol. The largest absolute Gasteiger partial charge is 0.466 e. The number of carbonyl (C=O) groups excluding carboxylic acids is 1. The Morgan fingerprint density at radius 3 is 2.53 bits per heavy atom. The van der Waals surface area contributed by atoms with E-state index in [9.17, 15) is 23.3 Å². The van der Waals surface area contributed by atoms with Gasteiger partial charge in [0, 0.05) is 29.0 Å². The van der Waals surface area contributed by atoms with Crippen LogP contribution in [0, 0.1) is 17.0 Å². The minimum absolute atomic E-state index is 0.0446. The standard InChI is InChI=1S/C21H20N2O6S/c1-15-6-9-18(10-7-15)30(27,28)22-14-17(12-13-23(25)26)21-16(4-3-5-19(21)22)8-11-20(24)29-2/h3-11,14H,12-13H2,1-2H3/b11-8+. The van der Waals surface area contributed by atoms with E-state index in [-0.39, 0.29) is 17.9 Å². The van der Waals surface area contributed by atoms with Crippen LogP contribution in [0.4, 0.5) is 0 Å². The maximum absolute atomic E-state index is 13.3. The van der Waals surface area contributed by atoms with E-state index in [1.54, 1.807) is 30.3 Å². The van der Waals surface area contributed by atoms with Crippen molar-refractivity contribution >= 4 is 33.0 Å². The molecule has 8 nitrogen and oxygen atoms in total. The fourth-order valence-corrected chi connectivity index (χ4v) is 4.54. The van der Waals surface area contributed by atoms with Crippen LogP contribution in [0.3, 0.4) is 0 Å². The lowest BCUT2D eigenvalue weighted by molar-refractivity contribution is -0.479. The second-order valence-corrected chi connectivity index (χ2v) is 8.49. The first kappa shape index (κ1) is 21.3. The lowest BCUT2D eigenvalue weighted by Gasteiger charge is -2.08. The summed E-state index contributed by atoms with van der Waals surface area (Å²) >= 11 is 0. The Morgan fingerprint density at radius 1 is 1.20 bits per heavy atom. The number of nitrogens with zero attached hydrogens (tertiary/aromatic N) is 2. The third-order valence-corrected chi connectivity index (χ3v) is 6.34. The van der Waals surface area contributed by atoms with Crippen LogP contribution in [0.5, 0.6) is 0 Å². The molecule has 30 heavy (non-hydrogen) atoms. The molecule has 0 bridgehead atoms. The fourth-order valence-electron chi connectivity index (χ4n) is 3.16. The Morgan fingerprint density at radius 2 is 1.90 bits per heavy atom. The molecule has 0 aliphatic rings. The highest BCUT2D eigenvalue weighted by atomic mass is 32.2. The lowest BCUT2D eigenvalue weighted by atomic mass is 10.0. The molecule has 9 heteroatoms. The van der Waals surface area contributed by atoms with Crippen LogP contribution < -0.4 is 0 Å². The quantitative estimate of drug-likeness (QED) is 0.247. The lowest BCUT2D eigenvalue weighted by Crippen LogP contribution is -2.12. The number of benzene rings is 2. The number of nitro groups is 1. The van der Waals surface area contributed by atoms with Gasteiger partial charge in [-0.3, -0.25) is 10.1 Å². The van der Waals surface area contributed by atoms with Crippen LogP contribution in [0.15, 0.2) is 59.6 Å². The summed E-state index contributed by atoms with van der Waals surface area (Å²) < 4.78 is 32.3. The van der Waals surface area contributed by atoms with Crippen molar-refractivity contribution in [2.45, 2.75) is 18.2 Å². The second kappa shape index (κ2) is 8.50. The van der Waals surface area contributed by atoms with Crippen molar-refractivity contribution in [3.63, 3.8) is 0 Å². The Balaban J connectivity index is 2.23. The van der Waals surface area contributed by atoms with Crippen LogP contribution in [0.2, 0.25) is 0 Å². The van der Waals surface area contributed by atoms with Crippen molar-refractivity contribution in [2.75, 3.05) is 13.7 Å². The van der Waals surface area contributed by atoms with Gasteiger partial charge in [0.25, 0.3) is 10.0 Å². The first-order valence-electron chi connectivity index (χ1n) is 9.07. The zero-order valence-electron chi connectivity index (χ0n) is 16.4. The van der Waals surface area contributed by atoms with Crippen LogP contribution in [-0.2, 0) is 26.0 Å². The minimum atomic E-state index is -3.92. The van der Waals surface area contributed by atoms with Crippen LogP contribution in [-0.4, -0.2) is 36.9 Å². The Labute approximate surface area is 173 Å². The van der Waals surface area contributed by atoms with E-state index in [4.69, 9.17) is 0 Å². The van der Waals surface area contributed by atoms with Gasteiger partial charge >= 0.3 is 5.97 Å². The highest BCUT2D eigenvalue weighted by Crippen LogP contribution is 2.30. The predicted octanol–water partition coefficient (Wildman–Crippen LogP) is 3.19. The molecule has 0 N–H and O–H groups in total. The topological polar surface area (TPSA) is 109 Å². The smallest absolute Gasteiger partial charge is 0.330 e. The van der Waals surface area contributed by atoms with E-state index in [0.29, 0.717) is 22.0 Å². The van der Waals surface area contributed by atoms with Gasteiger partial charge in [-0.25, -0.2) is 17.2 Å². The summed E-state index contributed by atoms with van der Waals surface area (Å²) in [6.45, 7) is 1.51. The molecule has 0 radical (unpaired) electrons. The van der Waals surface area contributed by atoms with E-state index in [1.165, 1.54) is 37.6 Å². The Bertz CT molecular complexity index is 1240. The molecule has 1 aromatic heterocycles. The van der Waals surface area contributed by atoms with Gasteiger partial charge in [-0.15, -0.1) is 0 Å². The van der Waals surface area contributed by atoms with Crippen molar-refractivity contribution in [1.29, 1.82) is 0 Å². The normalized spacial score (nSPS) is 11.8. The summed E-state index contributed by atoms with van der Waals surface area (Å²) in [5, 5.41) is 11.4. The van der Waals surface area contributed by atoms with Crippen molar-refractivity contribution in [3.05, 3.63) is 81.5 Å². The van der Waals surface area contributed by atoms with Crippen molar-refractivity contribution in [3.8, 4) is 0 Å². The molecule has 1 heterocycles. The zero-order valence-corrected chi connectivity index (χ0v) is 17.3. The van der Waals surface area contributed by atoms with Crippen molar-refractivity contribution in [1.82, 2.24) is 3.97 Å². The second-order valence-electron chi connectivity index (χ2n) is 6.67. The minimum Gasteiger partial charge on any atom is -0.466 e. The van der Waals surface area contributed by atoms with E-state index in [1.807, 2.05) is 6.92 Å². The summed E-state index contributed by atoms with van der Waals surface area (Å²) in [4.78, 5) is 22.1. The molecular formula is C21H20N2O6S. The monoisotopic (exact) mass is 428 g/mol. The van der Waals surface area contributed by atoms with Crippen LogP contribution >= 0.6 is 0 Å². The summed E-state index contributed by atoms with van der Waals surface area (Å²) in [7, 11) is -2.67. The highest BCUT2D eigenvalue weighted by molar-refractivity contribution is 7.90. The summed E-state index contributed by atoms with van der Waals surface area (Å²) in [6.07, 6.45) is 4.19. The van der Waals surface area contributed by atoms with Crippen LogP contribution in [0.25, 0.3) is 17.0 Å². The Hall–Kier alpha value is -3.46. The maximum atomic E-state index is 13.3. The number of hydrogen-bond donors (Lipinski definition) is 0. The molecule has 3 aromatic rings. The first-order valence-corrected chi connectivity index (χ1v) is 10.5. The van der Waals surface area contributed by atoms with E-state index >= 15 is 0 Å². The molecule has 0 fully saturated rings. The number of methoxy groups -OCH3 is 1. The average Bonchev–Trinajstić information content (AvgIpc) is 3.11. The maximum Gasteiger partial charge on any atom is 0.330 e. The van der Waals surface area contributed by atoms with Crippen molar-refractivity contribution < 1.29 is 22.9 Å². The number of rotatable bonds is 7. The van der Waals surface area contributed by atoms with Gasteiger partial charge in [-0.2, -0.15) is 0 Å². The van der Waals surface area contributed by atoms with E-state index in [2.05, 4.69) is 4.74 Å². The number of ether oxygens (including phenoxy) is 1. The summed E-state index contributed by atoms with van der Waals surface area (Å²) in [5.41, 5.74) is 2.37. The molecule has 0 aliphatic carbocycles. The molecule has 0 aliphatic heterocycles. The third kappa shape index (κ3) is 4.25. The summed E-state index contributed by atoms with van der Waals surface area (Å²) in [5.74, 6) is -0.564. The Kier molecular flexibility index (Phi) is 6.02. The molecule has 156 valence electrons. The van der Waals surface area contributed by atoms with Crippen LogP contribution in [0.1, 0.15) is 16.7 Å². The zero-order chi connectivity index (χ0) is 21.9. The summed E-state index contributed by atoms with van der Waals surface area (Å²) in [6, 6.07) is 11.5. The number of aromatic nitrogens is 1. The number of aryl methyl sites for hydroxylation is 1. The van der Waals surface area contributed by atoms with Gasteiger partial charge in [0.2, 0.25) is 6.54 Å². The van der Waals surface area contributed by atoms with Gasteiger partial charge in [0.1, 0.15) is 0 Å². The molecule has 0 atom stereocenters. The number of fused-ring (bicyclic) bond motifs is 1.